The molecule has 1 heterocycles. The number of hydrogen-bond acceptors (Lipinski definition) is 4. The molecule has 3 fully saturated rings. The second-order valence-electron chi connectivity index (χ2n) is 9.04. The van der Waals surface area contributed by atoms with E-state index in [0.29, 0.717) is 11.8 Å². The van der Waals surface area contributed by atoms with E-state index in [1.54, 1.807) is 0 Å². The van der Waals surface area contributed by atoms with Crippen LogP contribution in [0.3, 0.4) is 0 Å². The second-order valence-corrected chi connectivity index (χ2v) is 9.04. The van der Waals surface area contributed by atoms with E-state index < -0.39 is 0 Å². The highest BCUT2D eigenvalue weighted by Crippen LogP contribution is 2.31. The van der Waals surface area contributed by atoms with Gasteiger partial charge in [0, 0.05) is 24.8 Å². The quantitative estimate of drug-likeness (QED) is 0.536. The maximum absolute atomic E-state index is 13.4. The molecule has 31 heavy (non-hydrogen) atoms. The average molecular weight is 426 g/mol. The summed E-state index contributed by atoms with van der Waals surface area (Å²) in [6.07, 6.45) is 13.5. The second kappa shape index (κ2) is 10.3. The number of amidine groups is 1. The molecule has 0 unspecified atom stereocenters. The zero-order valence-electron chi connectivity index (χ0n) is 20.2. The van der Waals surface area contributed by atoms with Crippen LogP contribution in [-0.2, 0) is 9.53 Å². The molecular weight excluding hydrogens is 386 g/mol. The number of benzene rings is 1. The molecule has 0 aromatic heterocycles. The lowest BCUT2D eigenvalue weighted by Gasteiger charge is -2.29. The predicted molar refractivity (Wildman–Crippen MR) is 128 cm³/mol. The Balaban J connectivity index is 0.00000289. The van der Waals surface area contributed by atoms with E-state index >= 15 is 0 Å². The molecule has 4 rings (SSSR count). The Morgan fingerprint density at radius 3 is 2.23 bits per heavy atom. The maximum Gasteiger partial charge on any atom is 0.300 e. The zero-order chi connectivity index (χ0) is 21.6. The van der Waals surface area contributed by atoms with Gasteiger partial charge in [0.05, 0.1) is 6.04 Å². The summed E-state index contributed by atoms with van der Waals surface area (Å²) in [6.45, 7) is 6.29. The summed E-state index contributed by atoms with van der Waals surface area (Å²) in [6, 6.07) is 9.44. The summed E-state index contributed by atoms with van der Waals surface area (Å²) >= 11 is 0. The fraction of sp³-hybridized carbons (Fsp3) is 0.615. The van der Waals surface area contributed by atoms with Crippen LogP contribution in [0, 0.1) is 0 Å². The Kier molecular flexibility index (Phi) is 7.31. The maximum atomic E-state index is 13.4. The summed E-state index contributed by atoms with van der Waals surface area (Å²) in [5, 5.41) is 0. The van der Waals surface area contributed by atoms with Crippen molar-refractivity contribution >= 4 is 23.7 Å². The topological polar surface area (TPSA) is 45.1 Å². The van der Waals surface area contributed by atoms with E-state index in [1.807, 2.05) is 11.0 Å². The van der Waals surface area contributed by atoms with E-state index in [9.17, 15) is 4.79 Å². The zero-order valence-corrected chi connectivity index (χ0v) is 19.2. The van der Waals surface area contributed by atoms with Crippen LogP contribution in [0.25, 0.3) is 6.08 Å². The molecule has 1 aromatic carbocycles. The van der Waals surface area contributed by atoms with Crippen LogP contribution in [0.15, 0.2) is 35.0 Å². The van der Waals surface area contributed by atoms with Gasteiger partial charge in [-0.25, -0.2) is 4.99 Å². The third-order valence-electron chi connectivity index (χ3n) is 6.96. The van der Waals surface area contributed by atoms with Gasteiger partial charge in [-0.05, 0) is 63.3 Å². The number of ether oxygens (including phenoxy) is 1. The molecule has 1 aliphatic heterocycles. The number of nitrogens with zero attached hydrogens (tertiary/aromatic N) is 3. The highest BCUT2D eigenvalue weighted by Gasteiger charge is 2.40. The first kappa shape index (κ1) is 21.9. The molecule has 5 nitrogen and oxygen atoms in total. The summed E-state index contributed by atoms with van der Waals surface area (Å²) < 4.78 is 6.14. The van der Waals surface area contributed by atoms with Crippen LogP contribution in [0.5, 0.6) is 0 Å². The SMILES string of the molecule is CCN(CC)c1ccc(/C=C2/OC(=NC3CCCCC3)N(C3CCCCC3)C2=O)cc1.[2H-]. The molecule has 170 valence electrons. The van der Waals surface area contributed by atoms with Crippen LogP contribution < -0.4 is 4.90 Å². The number of carbonyl (C=O) groups excluding carboxylic acids is 1. The molecule has 2 saturated carbocycles. The van der Waals surface area contributed by atoms with Crippen molar-refractivity contribution in [2.45, 2.75) is 90.1 Å². The van der Waals surface area contributed by atoms with Gasteiger partial charge in [-0.2, -0.15) is 0 Å². The highest BCUT2D eigenvalue weighted by atomic mass is 16.5. The van der Waals surface area contributed by atoms with Crippen molar-refractivity contribution in [2.24, 2.45) is 4.99 Å². The lowest BCUT2D eigenvalue weighted by Crippen LogP contribution is -2.41. The first-order valence-corrected chi connectivity index (χ1v) is 12.4. The molecule has 0 radical (unpaired) electrons. The fourth-order valence-electron chi connectivity index (χ4n) is 5.13. The number of amides is 1. The molecule has 3 aliphatic rings. The molecule has 0 spiro atoms. The molecule has 1 saturated heterocycles. The third-order valence-corrected chi connectivity index (χ3v) is 6.96. The lowest BCUT2D eigenvalue weighted by molar-refractivity contribution is -0.124. The third kappa shape index (κ3) is 5.13. The Morgan fingerprint density at radius 1 is 1.00 bits per heavy atom. The molecular formula is C26H38N3O2-. The van der Waals surface area contributed by atoms with E-state index in [4.69, 9.17) is 9.73 Å². The van der Waals surface area contributed by atoms with Gasteiger partial charge in [0.2, 0.25) is 0 Å². The van der Waals surface area contributed by atoms with E-state index in [0.717, 1.165) is 44.3 Å². The number of anilines is 1. The van der Waals surface area contributed by atoms with Gasteiger partial charge in [-0.15, -0.1) is 0 Å². The summed E-state index contributed by atoms with van der Waals surface area (Å²) in [4.78, 5) is 22.5. The minimum Gasteiger partial charge on any atom is -1.00 e. The highest BCUT2D eigenvalue weighted by molar-refractivity contribution is 6.11. The van der Waals surface area contributed by atoms with Crippen molar-refractivity contribution in [1.29, 1.82) is 0 Å². The van der Waals surface area contributed by atoms with Gasteiger partial charge in [0.25, 0.3) is 5.91 Å². The van der Waals surface area contributed by atoms with Crippen LogP contribution >= 0.6 is 0 Å². The Labute approximate surface area is 188 Å². The lowest BCUT2D eigenvalue weighted by atomic mass is 9.94. The monoisotopic (exact) mass is 425 g/mol. The molecule has 0 N–H and O–H groups in total. The van der Waals surface area contributed by atoms with E-state index in [-0.39, 0.29) is 19.4 Å². The van der Waals surface area contributed by atoms with Crippen molar-refractivity contribution in [3.05, 3.63) is 35.6 Å². The molecule has 5 heteroatoms. The summed E-state index contributed by atoms with van der Waals surface area (Å²) in [7, 11) is 0. The average Bonchev–Trinajstić information content (AvgIpc) is 3.11. The molecule has 0 bridgehead atoms. The normalized spacial score (nSPS) is 23.5. The van der Waals surface area contributed by atoms with Crippen molar-refractivity contribution in [2.75, 3.05) is 18.0 Å². The van der Waals surface area contributed by atoms with Gasteiger partial charge in [-0.3, -0.25) is 9.69 Å². The first-order valence-electron chi connectivity index (χ1n) is 12.4. The molecule has 2 aliphatic carbocycles. The fourth-order valence-corrected chi connectivity index (χ4v) is 5.13. The minimum absolute atomic E-state index is 0. The van der Waals surface area contributed by atoms with Gasteiger partial charge in [0.1, 0.15) is 0 Å². The van der Waals surface area contributed by atoms with Gasteiger partial charge < -0.3 is 11.1 Å². The van der Waals surface area contributed by atoms with E-state index in [1.165, 1.54) is 44.2 Å². The number of hydrogen-bond donors (Lipinski definition) is 0. The predicted octanol–water partition coefficient (Wildman–Crippen LogP) is 5.87. The van der Waals surface area contributed by atoms with Crippen molar-refractivity contribution in [3.8, 4) is 0 Å². The van der Waals surface area contributed by atoms with Crippen LogP contribution in [-0.4, -0.2) is 42.0 Å². The van der Waals surface area contributed by atoms with Crippen molar-refractivity contribution in [3.63, 3.8) is 0 Å². The summed E-state index contributed by atoms with van der Waals surface area (Å²) in [5.74, 6) is 0.394. The number of carbonyl (C=O) groups is 1. The van der Waals surface area contributed by atoms with Crippen LogP contribution in [0.2, 0.25) is 0 Å². The molecule has 1 amide bonds. The Morgan fingerprint density at radius 2 is 1.61 bits per heavy atom. The van der Waals surface area contributed by atoms with Crippen molar-refractivity contribution < 1.29 is 11.0 Å². The molecule has 0 atom stereocenters. The smallest absolute Gasteiger partial charge is 0.300 e. The number of rotatable bonds is 6. The number of aliphatic imine (C=N–C) groups is 1. The van der Waals surface area contributed by atoms with E-state index in [2.05, 4.69) is 43.0 Å². The molecule has 1 aromatic rings. The summed E-state index contributed by atoms with van der Waals surface area (Å²) in [5.41, 5.74) is 2.19. The van der Waals surface area contributed by atoms with Gasteiger partial charge in [0.15, 0.2) is 5.76 Å². The van der Waals surface area contributed by atoms with Gasteiger partial charge in [-0.1, -0.05) is 50.7 Å². The Bertz CT molecular complexity index is 805. The Hall–Kier alpha value is -2.30. The van der Waals surface area contributed by atoms with Crippen LogP contribution in [0.1, 0.15) is 85.0 Å². The largest absolute Gasteiger partial charge is 1.00 e. The standard InChI is InChI=1S/C26H37N3O2.H/c1-3-28(4-2)22-17-15-20(16-18-22)19-24-25(30)29(23-13-9-6-10-14-23)26(31-24)27-21-11-7-5-8-12-21;/h15-19,21,23H,3-14H2,1-2H3;/q;-1/b24-19+,27-26?;/i;1+1. The minimum atomic E-state index is -0.0192. The van der Waals surface area contributed by atoms with Gasteiger partial charge >= 0.3 is 6.02 Å². The van der Waals surface area contributed by atoms with Crippen molar-refractivity contribution in [1.82, 2.24) is 4.90 Å². The van der Waals surface area contributed by atoms with Crippen LogP contribution in [0.4, 0.5) is 5.69 Å². The first-order chi connectivity index (χ1) is 15.2.